The third kappa shape index (κ3) is 6.35. The number of benzene rings is 2. The molecule has 0 aliphatic rings. The zero-order chi connectivity index (χ0) is 22.4. The summed E-state index contributed by atoms with van der Waals surface area (Å²) >= 11 is 0.919. The maximum Gasteiger partial charge on any atom is 0.418 e. The summed E-state index contributed by atoms with van der Waals surface area (Å²) in [6, 6.07) is 15.0. The zero-order valence-corrected chi connectivity index (χ0v) is 17.1. The smallest absolute Gasteiger partial charge is 0.418 e. The Bertz CT molecular complexity index is 1100. The third-order valence-corrected chi connectivity index (χ3v) is 5.04. The number of aromatic nitrogens is 2. The molecule has 0 aliphatic carbocycles. The molecule has 2 aromatic carbocycles. The molecule has 0 bridgehead atoms. The number of amides is 1. The van der Waals surface area contributed by atoms with E-state index >= 15 is 0 Å². The number of anilines is 1. The van der Waals surface area contributed by atoms with Crippen LogP contribution in [0.25, 0.3) is 0 Å². The Balaban J connectivity index is 1.67. The molecule has 1 heterocycles. The number of thioether (sulfide) groups is 1. The van der Waals surface area contributed by atoms with E-state index in [9.17, 15) is 22.8 Å². The van der Waals surface area contributed by atoms with Gasteiger partial charge in [0.25, 0.3) is 5.56 Å². The van der Waals surface area contributed by atoms with Crippen molar-refractivity contribution in [1.29, 1.82) is 0 Å². The highest BCUT2D eigenvalue weighted by Gasteiger charge is 2.34. The molecule has 0 fully saturated rings. The molecule has 2 N–H and O–H groups in total. The molecule has 0 saturated heterocycles. The molecule has 0 aliphatic heterocycles. The van der Waals surface area contributed by atoms with Gasteiger partial charge in [0, 0.05) is 6.07 Å². The number of alkyl halides is 3. The number of rotatable bonds is 7. The lowest BCUT2D eigenvalue weighted by Crippen LogP contribution is -2.25. The fraction of sp³-hybridized carbons (Fsp3) is 0.190. The fourth-order valence-electron chi connectivity index (χ4n) is 2.58. The van der Waals surface area contributed by atoms with Crippen LogP contribution in [0.4, 0.5) is 18.9 Å². The van der Waals surface area contributed by atoms with E-state index < -0.39 is 28.5 Å². The molecule has 3 rings (SSSR count). The second-order valence-electron chi connectivity index (χ2n) is 6.44. The van der Waals surface area contributed by atoms with Gasteiger partial charge in [0.1, 0.15) is 12.4 Å². The number of nitrogens with zero attached hydrogens (tertiary/aromatic N) is 1. The summed E-state index contributed by atoms with van der Waals surface area (Å²) in [4.78, 5) is 31.1. The van der Waals surface area contributed by atoms with Crippen molar-refractivity contribution >= 4 is 23.4 Å². The highest BCUT2D eigenvalue weighted by atomic mass is 32.2. The minimum Gasteiger partial charge on any atom is -0.487 e. The van der Waals surface area contributed by atoms with Crippen LogP contribution in [0.5, 0.6) is 5.75 Å². The number of para-hydroxylation sites is 2. The molecule has 1 atom stereocenters. The zero-order valence-electron chi connectivity index (χ0n) is 16.3. The van der Waals surface area contributed by atoms with Gasteiger partial charge in [-0.3, -0.25) is 9.59 Å². The first-order valence-corrected chi connectivity index (χ1v) is 10.0. The van der Waals surface area contributed by atoms with Crippen molar-refractivity contribution in [3.63, 3.8) is 0 Å². The van der Waals surface area contributed by atoms with E-state index in [2.05, 4.69) is 15.3 Å². The van der Waals surface area contributed by atoms with E-state index in [1.807, 2.05) is 6.07 Å². The quantitative estimate of drug-likeness (QED) is 0.410. The Labute approximate surface area is 179 Å². The first-order valence-electron chi connectivity index (χ1n) is 9.14. The van der Waals surface area contributed by atoms with Crippen LogP contribution in [-0.4, -0.2) is 21.1 Å². The monoisotopic (exact) mass is 449 g/mol. The van der Waals surface area contributed by atoms with E-state index in [1.165, 1.54) is 31.2 Å². The summed E-state index contributed by atoms with van der Waals surface area (Å²) in [5.41, 5.74) is -1.35. The summed E-state index contributed by atoms with van der Waals surface area (Å²) in [5, 5.41) is 1.62. The highest BCUT2D eigenvalue weighted by Crippen LogP contribution is 2.35. The van der Waals surface area contributed by atoms with Gasteiger partial charge < -0.3 is 15.0 Å². The van der Waals surface area contributed by atoms with E-state index in [-0.39, 0.29) is 17.5 Å². The van der Waals surface area contributed by atoms with Gasteiger partial charge in [-0.15, -0.1) is 0 Å². The number of aromatic amines is 1. The first-order chi connectivity index (χ1) is 14.7. The number of halogens is 3. The predicted octanol–water partition coefficient (Wildman–Crippen LogP) is 4.49. The predicted molar refractivity (Wildman–Crippen MR) is 111 cm³/mol. The van der Waals surface area contributed by atoms with Crippen molar-refractivity contribution in [3.05, 3.63) is 82.3 Å². The van der Waals surface area contributed by atoms with Crippen molar-refractivity contribution in [2.24, 2.45) is 0 Å². The van der Waals surface area contributed by atoms with Crippen LogP contribution >= 0.6 is 11.8 Å². The van der Waals surface area contributed by atoms with Crippen molar-refractivity contribution < 1.29 is 22.7 Å². The van der Waals surface area contributed by atoms with Crippen molar-refractivity contribution in [2.75, 3.05) is 5.32 Å². The Morgan fingerprint density at radius 2 is 1.84 bits per heavy atom. The maximum absolute atomic E-state index is 13.1. The summed E-state index contributed by atoms with van der Waals surface area (Å²) in [5.74, 6) is -0.0508. The lowest BCUT2D eigenvalue weighted by Gasteiger charge is -2.16. The highest BCUT2D eigenvalue weighted by molar-refractivity contribution is 8.00. The van der Waals surface area contributed by atoms with Gasteiger partial charge in [0.2, 0.25) is 5.91 Å². The second-order valence-corrected chi connectivity index (χ2v) is 7.77. The standard InChI is InChI=1S/C21H18F3N3O3S/c1-13(19(29)26-17-10-6-5-9-16(17)21(22,23)24)31-20-25-14(11-18(28)27-20)12-30-15-7-3-2-4-8-15/h2-11,13H,12H2,1H3,(H,26,29)(H,25,27,28). The van der Waals surface area contributed by atoms with Gasteiger partial charge in [-0.05, 0) is 31.2 Å². The molecule has 1 aromatic heterocycles. The van der Waals surface area contributed by atoms with E-state index in [1.54, 1.807) is 24.3 Å². The largest absolute Gasteiger partial charge is 0.487 e. The first kappa shape index (κ1) is 22.4. The molecule has 3 aromatic rings. The van der Waals surface area contributed by atoms with E-state index in [4.69, 9.17) is 4.74 Å². The van der Waals surface area contributed by atoms with Crippen LogP contribution in [-0.2, 0) is 17.6 Å². The van der Waals surface area contributed by atoms with Crippen molar-refractivity contribution in [2.45, 2.75) is 30.1 Å². The molecule has 0 spiro atoms. The molecule has 10 heteroatoms. The third-order valence-electron chi connectivity index (χ3n) is 4.05. The van der Waals surface area contributed by atoms with Crippen LogP contribution in [0.1, 0.15) is 18.2 Å². The Morgan fingerprint density at radius 3 is 2.55 bits per heavy atom. The van der Waals surface area contributed by atoms with Gasteiger partial charge in [0.05, 0.1) is 22.2 Å². The second kappa shape index (κ2) is 9.69. The molecule has 6 nitrogen and oxygen atoms in total. The van der Waals surface area contributed by atoms with Crippen LogP contribution in [0, 0.1) is 0 Å². The van der Waals surface area contributed by atoms with Gasteiger partial charge >= 0.3 is 6.18 Å². The molecule has 1 unspecified atom stereocenters. The van der Waals surface area contributed by atoms with Crippen LogP contribution in [0.3, 0.4) is 0 Å². The summed E-state index contributed by atoms with van der Waals surface area (Å²) in [6.45, 7) is 1.55. The molecular formula is C21H18F3N3O3S. The minimum atomic E-state index is -4.60. The van der Waals surface area contributed by atoms with Crippen LogP contribution in [0.15, 0.2) is 70.6 Å². The van der Waals surface area contributed by atoms with Crippen LogP contribution < -0.4 is 15.6 Å². The van der Waals surface area contributed by atoms with Gasteiger partial charge in [-0.1, -0.05) is 42.1 Å². The van der Waals surface area contributed by atoms with Crippen molar-refractivity contribution in [3.8, 4) is 5.75 Å². The van der Waals surface area contributed by atoms with Crippen molar-refractivity contribution in [1.82, 2.24) is 9.97 Å². The summed E-state index contributed by atoms with van der Waals surface area (Å²) in [7, 11) is 0. The Morgan fingerprint density at radius 1 is 1.16 bits per heavy atom. The number of carbonyl (C=O) groups is 1. The lowest BCUT2D eigenvalue weighted by molar-refractivity contribution is -0.137. The molecule has 1 amide bonds. The minimum absolute atomic E-state index is 0.0427. The molecule has 162 valence electrons. The van der Waals surface area contributed by atoms with Gasteiger partial charge in [-0.2, -0.15) is 13.2 Å². The number of ether oxygens (including phenoxy) is 1. The lowest BCUT2D eigenvalue weighted by atomic mass is 10.1. The average molecular weight is 449 g/mol. The number of nitrogens with one attached hydrogen (secondary N) is 2. The number of hydrogen-bond acceptors (Lipinski definition) is 5. The normalized spacial score (nSPS) is 12.3. The average Bonchev–Trinajstić information content (AvgIpc) is 2.72. The molecule has 0 radical (unpaired) electrons. The van der Waals surface area contributed by atoms with Crippen LogP contribution in [0.2, 0.25) is 0 Å². The molecule has 0 saturated carbocycles. The summed E-state index contributed by atoms with van der Waals surface area (Å²) < 4.78 is 44.9. The van der Waals surface area contributed by atoms with Gasteiger partial charge in [0.15, 0.2) is 5.16 Å². The fourth-order valence-corrected chi connectivity index (χ4v) is 3.41. The topological polar surface area (TPSA) is 84.1 Å². The van der Waals surface area contributed by atoms with E-state index in [0.29, 0.717) is 11.4 Å². The number of hydrogen-bond donors (Lipinski definition) is 2. The molecule has 31 heavy (non-hydrogen) atoms. The number of H-pyrrole nitrogens is 1. The summed E-state index contributed by atoms with van der Waals surface area (Å²) in [6.07, 6.45) is -4.60. The SMILES string of the molecule is CC(Sc1nc(COc2ccccc2)cc(=O)[nH]1)C(=O)Nc1ccccc1C(F)(F)F. The number of carbonyl (C=O) groups excluding carboxylic acids is 1. The van der Waals surface area contributed by atoms with Gasteiger partial charge in [-0.25, -0.2) is 4.98 Å². The maximum atomic E-state index is 13.1. The Kier molecular flexibility index (Phi) is 7.01. The van der Waals surface area contributed by atoms with E-state index in [0.717, 1.165) is 17.8 Å². The molecular weight excluding hydrogens is 431 g/mol. The Hall–Kier alpha value is -3.27.